The summed E-state index contributed by atoms with van der Waals surface area (Å²) in [5.74, 6) is -2.73. The van der Waals surface area contributed by atoms with E-state index in [2.05, 4.69) is 15.4 Å². The number of carbonyl (C=O) groups is 1. The number of nitrogens with two attached hydrogens (primary N) is 1. The van der Waals surface area contributed by atoms with E-state index in [-0.39, 0.29) is 23.8 Å². The number of aromatic nitrogens is 3. The molecule has 1 aliphatic rings. The lowest BCUT2D eigenvalue weighted by Gasteiger charge is -2.34. The molecule has 0 radical (unpaired) electrons. The molecule has 5 rings (SSSR count). The number of rotatable bonds is 6. The standard InChI is InChI=1S/C25H23F3N6OS/c26-18-6-1-4-15(22(18)28)11-34-12-16(10-30-34)25-32-21(14-36-25)24(35)31-20-8-2-7-19(27)23(20)33-9-3-5-17(29)13-33/h1-2,4,6-8,10,12,14,17H,3,5,9,11,13,29H2,(H,31,35)/t17-/m1/s1. The highest BCUT2D eigenvalue weighted by molar-refractivity contribution is 7.13. The fourth-order valence-corrected chi connectivity index (χ4v) is 5.03. The zero-order chi connectivity index (χ0) is 25.2. The molecule has 0 spiro atoms. The molecule has 1 atom stereocenters. The molecule has 2 aromatic heterocycles. The fourth-order valence-electron chi connectivity index (χ4n) is 4.25. The smallest absolute Gasteiger partial charge is 0.275 e. The number of hydrogen-bond donors (Lipinski definition) is 2. The summed E-state index contributed by atoms with van der Waals surface area (Å²) in [6.07, 6.45) is 4.91. The van der Waals surface area contributed by atoms with Crippen molar-refractivity contribution < 1.29 is 18.0 Å². The van der Waals surface area contributed by atoms with Crippen molar-refractivity contribution in [3.05, 3.63) is 82.9 Å². The minimum Gasteiger partial charge on any atom is -0.366 e. The van der Waals surface area contributed by atoms with Crippen molar-refractivity contribution in [3.63, 3.8) is 0 Å². The molecule has 186 valence electrons. The Bertz CT molecular complexity index is 1400. The zero-order valence-corrected chi connectivity index (χ0v) is 19.9. The van der Waals surface area contributed by atoms with Crippen LogP contribution in [-0.4, -0.2) is 39.8 Å². The molecule has 3 heterocycles. The van der Waals surface area contributed by atoms with Crippen LogP contribution in [0.1, 0.15) is 28.9 Å². The van der Waals surface area contributed by atoms with E-state index in [0.29, 0.717) is 35.0 Å². The number of benzene rings is 2. The van der Waals surface area contributed by atoms with Gasteiger partial charge in [-0.25, -0.2) is 18.2 Å². The Labute approximate surface area is 209 Å². The molecule has 4 aromatic rings. The molecule has 0 saturated carbocycles. The molecule has 1 aliphatic heterocycles. The Morgan fingerprint density at radius 3 is 2.81 bits per heavy atom. The first-order valence-corrected chi connectivity index (χ1v) is 12.3. The summed E-state index contributed by atoms with van der Waals surface area (Å²) < 4.78 is 43.7. The van der Waals surface area contributed by atoms with E-state index in [1.807, 2.05) is 4.90 Å². The summed E-state index contributed by atoms with van der Waals surface area (Å²) in [6, 6.07) is 8.49. The molecule has 2 aromatic carbocycles. The van der Waals surface area contributed by atoms with Gasteiger partial charge in [-0.15, -0.1) is 11.3 Å². The van der Waals surface area contributed by atoms with Crippen molar-refractivity contribution in [2.75, 3.05) is 23.3 Å². The van der Waals surface area contributed by atoms with Gasteiger partial charge in [0.05, 0.1) is 24.1 Å². The van der Waals surface area contributed by atoms with Crippen LogP contribution in [-0.2, 0) is 6.54 Å². The normalized spacial score (nSPS) is 15.8. The number of carbonyl (C=O) groups excluding carboxylic acids is 1. The van der Waals surface area contributed by atoms with Crippen LogP contribution >= 0.6 is 11.3 Å². The first-order valence-electron chi connectivity index (χ1n) is 11.4. The molecular formula is C25H23F3N6OS. The van der Waals surface area contributed by atoms with Crippen molar-refractivity contribution in [1.29, 1.82) is 0 Å². The third kappa shape index (κ3) is 4.98. The van der Waals surface area contributed by atoms with Gasteiger partial charge in [0, 0.05) is 41.8 Å². The number of thiazole rings is 1. The Morgan fingerprint density at radius 1 is 1.17 bits per heavy atom. The van der Waals surface area contributed by atoms with Crippen molar-refractivity contribution in [2.45, 2.75) is 25.4 Å². The number of piperidine rings is 1. The van der Waals surface area contributed by atoms with Crippen LogP contribution in [0.4, 0.5) is 24.5 Å². The predicted molar refractivity (Wildman–Crippen MR) is 133 cm³/mol. The summed E-state index contributed by atoms with van der Waals surface area (Å²) in [5, 5.41) is 9.11. The van der Waals surface area contributed by atoms with E-state index in [1.54, 1.807) is 29.9 Å². The predicted octanol–water partition coefficient (Wildman–Crippen LogP) is 4.65. The first-order chi connectivity index (χ1) is 17.4. The van der Waals surface area contributed by atoms with Gasteiger partial charge in [-0.3, -0.25) is 9.48 Å². The highest BCUT2D eigenvalue weighted by atomic mass is 32.1. The summed E-state index contributed by atoms with van der Waals surface area (Å²) in [5.41, 5.74) is 7.72. The summed E-state index contributed by atoms with van der Waals surface area (Å²) in [6.45, 7) is 1.21. The lowest BCUT2D eigenvalue weighted by atomic mass is 10.1. The second kappa shape index (κ2) is 10.1. The van der Waals surface area contributed by atoms with Crippen molar-refractivity contribution in [2.24, 2.45) is 5.73 Å². The van der Waals surface area contributed by atoms with Crippen molar-refractivity contribution in [1.82, 2.24) is 14.8 Å². The molecule has 7 nitrogen and oxygen atoms in total. The van der Waals surface area contributed by atoms with Gasteiger partial charge in [-0.2, -0.15) is 5.10 Å². The van der Waals surface area contributed by atoms with E-state index < -0.39 is 23.4 Å². The first kappa shape index (κ1) is 24.0. The average Bonchev–Trinajstić information content (AvgIpc) is 3.52. The van der Waals surface area contributed by atoms with Gasteiger partial charge in [0.25, 0.3) is 5.91 Å². The Balaban J connectivity index is 1.31. The highest BCUT2D eigenvalue weighted by Crippen LogP contribution is 2.32. The Kier molecular flexibility index (Phi) is 6.75. The third-order valence-corrected chi connectivity index (χ3v) is 6.88. The number of para-hydroxylation sites is 1. The number of nitrogens with zero attached hydrogens (tertiary/aromatic N) is 4. The van der Waals surface area contributed by atoms with Gasteiger partial charge in [-0.1, -0.05) is 18.2 Å². The highest BCUT2D eigenvalue weighted by Gasteiger charge is 2.24. The monoisotopic (exact) mass is 512 g/mol. The number of amides is 1. The summed E-state index contributed by atoms with van der Waals surface area (Å²) in [7, 11) is 0. The van der Waals surface area contributed by atoms with Crippen LogP contribution in [0.5, 0.6) is 0 Å². The summed E-state index contributed by atoms with van der Waals surface area (Å²) in [4.78, 5) is 19.2. The zero-order valence-electron chi connectivity index (χ0n) is 19.1. The number of halogens is 3. The van der Waals surface area contributed by atoms with E-state index in [0.717, 1.165) is 18.9 Å². The molecule has 0 aliphatic carbocycles. The van der Waals surface area contributed by atoms with Crippen LogP contribution in [0.3, 0.4) is 0 Å². The van der Waals surface area contributed by atoms with Crippen LogP contribution < -0.4 is 16.0 Å². The maximum absolute atomic E-state index is 14.7. The molecule has 0 bridgehead atoms. The maximum atomic E-state index is 14.7. The molecule has 11 heteroatoms. The van der Waals surface area contributed by atoms with E-state index >= 15 is 0 Å². The Morgan fingerprint density at radius 2 is 1.97 bits per heavy atom. The van der Waals surface area contributed by atoms with Gasteiger partial charge in [0.1, 0.15) is 16.5 Å². The SMILES string of the molecule is N[C@@H]1CCCN(c2c(F)cccc2NC(=O)c2csc(-c3cnn(Cc4cccc(F)c4F)c3)n2)C1. The van der Waals surface area contributed by atoms with Crippen LogP contribution in [0.15, 0.2) is 54.2 Å². The minimum absolute atomic E-state index is 0.0464. The lowest BCUT2D eigenvalue weighted by molar-refractivity contribution is 0.102. The van der Waals surface area contributed by atoms with Crippen LogP contribution in [0.25, 0.3) is 10.6 Å². The lowest BCUT2D eigenvalue weighted by Crippen LogP contribution is -2.43. The Hall–Kier alpha value is -3.70. The molecular weight excluding hydrogens is 489 g/mol. The van der Waals surface area contributed by atoms with E-state index in [4.69, 9.17) is 5.73 Å². The molecule has 1 amide bonds. The van der Waals surface area contributed by atoms with Crippen molar-refractivity contribution >= 4 is 28.6 Å². The van der Waals surface area contributed by atoms with E-state index in [9.17, 15) is 18.0 Å². The third-order valence-electron chi connectivity index (χ3n) is 5.99. The van der Waals surface area contributed by atoms with Gasteiger partial charge in [0.2, 0.25) is 0 Å². The molecule has 3 N–H and O–H groups in total. The van der Waals surface area contributed by atoms with Gasteiger partial charge < -0.3 is 16.0 Å². The van der Waals surface area contributed by atoms with Gasteiger partial charge >= 0.3 is 0 Å². The fraction of sp³-hybridized carbons (Fsp3) is 0.240. The molecule has 0 unspecified atom stereocenters. The summed E-state index contributed by atoms with van der Waals surface area (Å²) >= 11 is 1.24. The van der Waals surface area contributed by atoms with Crippen LogP contribution in [0.2, 0.25) is 0 Å². The molecule has 36 heavy (non-hydrogen) atoms. The second-order valence-electron chi connectivity index (χ2n) is 8.62. The average molecular weight is 513 g/mol. The molecule has 1 fully saturated rings. The van der Waals surface area contributed by atoms with Crippen molar-refractivity contribution in [3.8, 4) is 10.6 Å². The quantitative estimate of drug-likeness (QED) is 0.393. The van der Waals surface area contributed by atoms with E-state index in [1.165, 1.54) is 34.2 Å². The minimum atomic E-state index is -0.917. The maximum Gasteiger partial charge on any atom is 0.275 e. The van der Waals surface area contributed by atoms with Crippen LogP contribution in [0, 0.1) is 17.5 Å². The largest absolute Gasteiger partial charge is 0.366 e. The van der Waals surface area contributed by atoms with Gasteiger partial charge in [-0.05, 0) is 31.0 Å². The number of nitrogens with one attached hydrogen (secondary N) is 1. The molecule has 1 saturated heterocycles. The number of hydrogen-bond acceptors (Lipinski definition) is 6. The van der Waals surface area contributed by atoms with Gasteiger partial charge in [0.15, 0.2) is 11.6 Å². The topological polar surface area (TPSA) is 89.1 Å². The second-order valence-corrected chi connectivity index (χ2v) is 9.47. The number of anilines is 2.